The molecule has 150 valence electrons. The van der Waals surface area contributed by atoms with Gasteiger partial charge in [0.15, 0.2) is 17.3 Å². The van der Waals surface area contributed by atoms with Gasteiger partial charge >= 0.3 is 5.97 Å². The zero-order chi connectivity index (χ0) is 18.9. The van der Waals surface area contributed by atoms with Crippen LogP contribution >= 0.6 is 12.4 Å². The number of esters is 1. The summed E-state index contributed by atoms with van der Waals surface area (Å²) in [4.78, 5) is 26.0. The Morgan fingerprint density at radius 3 is 2.63 bits per heavy atom. The van der Waals surface area contributed by atoms with Crippen molar-refractivity contribution in [2.24, 2.45) is 5.92 Å². The topological polar surface area (TPSA) is 76.1 Å². The molecule has 0 amide bonds. The van der Waals surface area contributed by atoms with Crippen LogP contribution in [0.4, 0.5) is 0 Å². The molecule has 0 saturated carbocycles. The summed E-state index contributed by atoms with van der Waals surface area (Å²) in [7, 11) is 1.48. The number of methoxy groups -OCH3 is 1. The summed E-state index contributed by atoms with van der Waals surface area (Å²) in [6.07, 6.45) is 5.29. The van der Waals surface area contributed by atoms with Gasteiger partial charge in [0.2, 0.25) is 0 Å². The zero-order valence-corrected chi connectivity index (χ0v) is 16.7. The summed E-state index contributed by atoms with van der Waals surface area (Å²) < 4.78 is 10.1. The molecule has 0 radical (unpaired) electrons. The standard InChI is InChI=1S/C20H27NO5.ClH/c1-3-26-20(24)16-8-11-21(12-9-16)13-10-17(22)6-4-15-5-7-18(23)19(14-15)25-2;/h4-7,14,16,23H,3,8-13H2,1-2H3;1H/b6-4+;. The Morgan fingerprint density at radius 2 is 2.00 bits per heavy atom. The van der Waals surface area contributed by atoms with Crippen LogP contribution in [0.25, 0.3) is 6.08 Å². The van der Waals surface area contributed by atoms with Gasteiger partial charge in [0, 0.05) is 13.0 Å². The number of carbonyl (C=O) groups is 2. The van der Waals surface area contributed by atoms with Crippen LogP contribution in [0.1, 0.15) is 31.7 Å². The van der Waals surface area contributed by atoms with Gasteiger partial charge in [-0.3, -0.25) is 9.59 Å². The first-order valence-corrected chi connectivity index (χ1v) is 9.00. The smallest absolute Gasteiger partial charge is 0.309 e. The molecule has 1 heterocycles. The number of hydrogen-bond donors (Lipinski definition) is 1. The first-order valence-electron chi connectivity index (χ1n) is 9.00. The molecule has 6 nitrogen and oxygen atoms in total. The van der Waals surface area contributed by atoms with E-state index < -0.39 is 0 Å². The molecule has 0 spiro atoms. The molecule has 1 saturated heterocycles. The predicted octanol–water partition coefficient (Wildman–Crippen LogP) is 3.07. The Balaban J connectivity index is 0.00000364. The van der Waals surface area contributed by atoms with Crippen LogP contribution in [-0.2, 0) is 14.3 Å². The Labute approximate surface area is 166 Å². The van der Waals surface area contributed by atoms with E-state index in [0.29, 0.717) is 25.3 Å². The first-order chi connectivity index (χ1) is 12.5. The van der Waals surface area contributed by atoms with Crippen molar-refractivity contribution in [2.75, 3.05) is 33.4 Å². The number of benzene rings is 1. The highest BCUT2D eigenvalue weighted by molar-refractivity contribution is 5.93. The van der Waals surface area contributed by atoms with E-state index in [-0.39, 0.29) is 35.8 Å². The summed E-state index contributed by atoms with van der Waals surface area (Å²) >= 11 is 0. The quantitative estimate of drug-likeness (QED) is 0.536. The minimum absolute atomic E-state index is 0. The second-order valence-corrected chi connectivity index (χ2v) is 6.35. The fourth-order valence-corrected chi connectivity index (χ4v) is 2.99. The number of allylic oxidation sites excluding steroid dienone is 1. The van der Waals surface area contributed by atoms with Crippen molar-refractivity contribution in [1.82, 2.24) is 4.90 Å². The molecule has 27 heavy (non-hydrogen) atoms. The fraction of sp³-hybridized carbons (Fsp3) is 0.500. The van der Waals surface area contributed by atoms with Crippen molar-refractivity contribution in [3.63, 3.8) is 0 Å². The molecule has 0 aromatic heterocycles. The third-order valence-electron chi connectivity index (χ3n) is 4.55. The normalized spacial score (nSPS) is 15.3. The maximum atomic E-state index is 12.1. The molecule has 2 rings (SSSR count). The fourth-order valence-electron chi connectivity index (χ4n) is 2.99. The Kier molecular flexibility index (Phi) is 9.89. The highest BCUT2D eigenvalue weighted by Crippen LogP contribution is 2.26. The number of carbonyl (C=O) groups excluding carboxylic acids is 2. The lowest BCUT2D eigenvalue weighted by Gasteiger charge is -2.30. The molecule has 1 aliphatic heterocycles. The molecular weight excluding hydrogens is 370 g/mol. The van der Waals surface area contributed by atoms with E-state index in [4.69, 9.17) is 9.47 Å². The lowest BCUT2D eigenvalue weighted by molar-refractivity contribution is -0.149. The van der Waals surface area contributed by atoms with E-state index in [9.17, 15) is 14.7 Å². The summed E-state index contributed by atoms with van der Waals surface area (Å²) in [5.41, 5.74) is 0.795. The van der Waals surface area contributed by atoms with Gasteiger partial charge in [0.05, 0.1) is 19.6 Å². The van der Waals surface area contributed by atoms with E-state index in [1.807, 2.05) is 6.92 Å². The molecule has 1 aliphatic rings. The largest absolute Gasteiger partial charge is 0.504 e. The minimum atomic E-state index is -0.101. The first kappa shape index (κ1) is 23.0. The van der Waals surface area contributed by atoms with E-state index in [0.717, 1.165) is 31.5 Å². The Hall–Kier alpha value is -2.05. The SMILES string of the molecule is CCOC(=O)C1CCN(CCC(=O)/C=C/c2ccc(O)c(OC)c2)CC1.Cl. The zero-order valence-electron chi connectivity index (χ0n) is 15.8. The van der Waals surface area contributed by atoms with Crippen LogP contribution < -0.4 is 4.74 Å². The van der Waals surface area contributed by atoms with E-state index >= 15 is 0 Å². The summed E-state index contributed by atoms with van der Waals surface area (Å²) in [6.45, 7) is 4.57. The van der Waals surface area contributed by atoms with Crippen molar-refractivity contribution < 1.29 is 24.2 Å². The number of ketones is 1. The molecule has 1 aromatic rings. The number of piperidine rings is 1. The van der Waals surface area contributed by atoms with Crippen molar-refractivity contribution in [3.05, 3.63) is 29.8 Å². The van der Waals surface area contributed by atoms with Crippen molar-refractivity contribution >= 4 is 30.2 Å². The molecule has 1 aromatic carbocycles. The van der Waals surface area contributed by atoms with Crippen molar-refractivity contribution in [2.45, 2.75) is 26.2 Å². The molecule has 7 heteroatoms. The second kappa shape index (κ2) is 11.6. The number of hydrogen-bond acceptors (Lipinski definition) is 6. The third kappa shape index (κ3) is 7.23. The van der Waals surface area contributed by atoms with Gasteiger partial charge in [-0.25, -0.2) is 0 Å². The summed E-state index contributed by atoms with van der Waals surface area (Å²) in [5.74, 6) is 0.387. The minimum Gasteiger partial charge on any atom is -0.504 e. The molecule has 0 bridgehead atoms. The predicted molar refractivity (Wildman–Crippen MR) is 106 cm³/mol. The average molecular weight is 398 g/mol. The third-order valence-corrected chi connectivity index (χ3v) is 4.55. The molecule has 0 atom stereocenters. The molecule has 0 unspecified atom stereocenters. The molecular formula is C20H28ClNO5. The van der Waals surface area contributed by atoms with Crippen molar-refractivity contribution in [3.8, 4) is 11.5 Å². The number of likely N-dealkylation sites (tertiary alicyclic amines) is 1. The van der Waals surface area contributed by atoms with E-state index in [1.54, 1.807) is 24.3 Å². The number of rotatable bonds is 8. The van der Waals surface area contributed by atoms with E-state index in [2.05, 4.69) is 4.90 Å². The van der Waals surface area contributed by atoms with E-state index in [1.165, 1.54) is 13.2 Å². The van der Waals surface area contributed by atoms with Gasteiger partial charge in [0.1, 0.15) is 0 Å². The van der Waals surface area contributed by atoms with Gasteiger partial charge in [-0.1, -0.05) is 12.1 Å². The molecule has 0 aliphatic carbocycles. The van der Waals surface area contributed by atoms with Crippen LogP contribution in [-0.4, -0.2) is 55.1 Å². The lowest BCUT2D eigenvalue weighted by Crippen LogP contribution is -2.37. The van der Waals surface area contributed by atoms with Crippen LogP contribution in [0.3, 0.4) is 0 Å². The number of ether oxygens (including phenoxy) is 2. The van der Waals surface area contributed by atoms with Gasteiger partial charge < -0.3 is 19.5 Å². The van der Waals surface area contributed by atoms with Gasteiger partial charge in [0.25, 0.3) is 0 Å². The van der Waals surface area contributed by atoms with Crippen LogP contribution in [0.5, 0.6) is 11.5 Å². The number of phenols is 1. The second-order valence-electron chi connectivity index (χ2n) is 6.35. The monoisotopic (exact) mass is 397 g/mol. The number of nitrogens with zero attached hydrogens (tertiary/aromatic N) is 1. The number of aromatic hydroxyl groups is 1. The van der Waals surface area contributed by atoms with Gasteiger partial charge in [-0.05, 0) is 56.6 Å². The average Bonchev–Trinajstić information content (AvgIpc) is 2.66. The van der Waals surface area contributed by atoms with Gasteiger partial charge in [-0.2, -0.15) is 0 Å². The summed E-state index contributed by atoms with van der Waals surface area (Å²) in [5, 5.41) is 9.57. The molecule has 1 N–H and O–H groups in total. The number of halogens is 1. The lowest BCUT2D eigenvalue weighted by atomic mass is 9.97. The maximum absolute atomic E-state index is 12.1. The van der Waals surface area contributed by atoms with Gasteiger partial charge in [-0.15, -0.1) is 12.4 Å². The number of phenolic OH excluding ortho intramolecular Hbond substituents is 1. The highest BCUT2D eigenvalue weighted by atomic mass is 35.5. The van der Waals surface area contributed by atoms with Crippen LogP contribution in [0.2, 0.25) is 0 Å². The maximum Gasteiger partial charge on any atom is 0.309 e. The van der Waals surface area contributed by atoms with Crippen molar-refractivity contribution in [1.29, 1.82) is 0 Å². The Morgan fingerprint density at radius 1 is 1.30 bits per heavy atom. The summed E-state index contributed by atoms with van der Waals surface area (Å²) in [6, 6.07) is 4.94. The van der Waals surface area contributed by atoms with Crippen LogP contribution in [0.15, 0.2) is 24.3 Å². The highest BCUT2D eigenvalue weighted by Gasteiger charge is 2.25. The molecule has 1 fully saturated rings. The van der Waals surface area contributed by atoms with Crippen LogP contribution in [0, 0.1) is 5.92 Å². The Bertz CT molecular complexity index is 654.